The van der Waals surface area contributed by atoms with Crippen LogP contribution in [0.15, 0.2) is 163 Å². The second kappa shape index (κ2) is 10.8. The molecule has 0 saturated carbocycles. The van der Waals surface area contributed by atoms with Crippen molar-refractivity contribution in [2.75, 3.05) is 11.9 Å². The summed E-state index contributed by atoms with van der Waals surface area (Å²) >= 11 is 0. The summed E-state index contributed by atoms with van der Waals surface area (Å²) in [6, 6.07) is 56.8. The molecule has 0 spiro atoms. The SMILES string of the molecule is C/N=C\c1ccccc1-c1cccc(N(c2ccccc2)c2ccc(-c3ccc4c5c(cccc35)-c3ccccc3-4)cc2)c1. The van der Waals surface area contributed by atoms with Gasteiger partial charge in [-0.2, -0.15) is 0 Å². The van der Waals surface area contributed by atoms with E-state index in [0.29, 0.717) is 0 Å². The van der Waals surface area contributed by atoms with Crippen molar-refractivity contribution in [2.45, 2.75) is 0 Å². The van der Waals surface area contributed by atoms with Crippen molar-refractivity contribution in [1.82, 2.24) is 0 Å². The smallest absolute Gasteiger partial charge is 0.0467 e. The van der Waals surface area contributed by atoms with Gasteiger partial charge in [-0.3, -0.25) is 4.99 Å². The molecule has 2 nitrogen and oxygen atoms in total. The molecule has 0 aromatic heterocycles. The van der Waals surface area contributed by atoms with Crippen LogP contribution in [0.1, 0.15) is 5.56 Å². The van der Waals surface area contributed by atoms with E-state index in [0.717, 1.165) is 33.8 Å². The van der Waals surface area contributed by atoms with Crippen molar-refractivity contribution in [3.05, 3.63) is 163 Å². The number of rotatable bonds is 6. The number of para-hydroxylation sites is 1. The van der Waals surface area contributed by atoms with E-state index < -0.39 is 0 Å². The van der Waals surface area contributed by atoms with Crippen LogP contribution in [-0.2, 0) is 0 Å². The normalized spacial score (nSPS) is 11.7. The zero-order valence-corrected chi connectivity index (χ0v) is 24.5. The Morgan fingerprint density at radius 1 is 0.432 bits per heavy atom. The standard InChI is InChI=1S/C42H30N2/c1-43-28-31-11-5-6-16-35(31)30-12-9-15-34(27-30)44(32-13-3-2-4-14-32)33-23-21-29(22-24-33)36-25-26-41-38-18-8-7-17-37(38)40-20-10-19-39(36)42(40)41/h2-28H,1H3/b43-28-. The molecule has 0 heterocycles. The van der Waals surface area contributed by atoms with Crippen molar-refractivity contribution < 1.29 is 0 Å². The molecular weight excluding hydrogens is 532 g/mol. The molecule has 7 aromatic rings. The maximum absolute atomic E-state index is 4.29. The van der Waals surface area contributed by atoms with Crippen molar-refractivity contribution in [2.24, 2.45) is 4.99 Å². The van der Waals surface area contributed by atoms with Crippen LogP contribution in [0.3, 0.4) is 0 Å². The molecule has 1 aliphatic rings. The van der Waals surface area contributed by atoms with Gasteiger partial charge in [0.05, 0.1) is 0 Å². The van der Waals surface area contributed by atoms with Crippen LogP contribution < -0.4 is 4.90 Å². The maximum Gasteiger partial charge on any atom is 0.0467 e. The molecule has 208 valence electrons. The van der Waals surface area contributed by atoms with Gasteiger partial charge in [0, 0.05) is 35.9 Å². The van der Waals surface area contributed by atoms with Gasteiger partial charge in [0.2, 0.25) is 0 Å². The largest absolute Gasteiger partial charge is 0.310 e. The average molecular weight is 563 g/mol. The van der Waals surface area contributed by atoms with Crippen molar-refractivity contribution in [3.63, 3.8) is 0 Å². The third-order valence-corrected chi connectivity index (χ3v) is 8.64. The van der Waals surface area contributed by atoms with E-state index in [1.54, 1.807) is 0 Å². The molecule has 2 heteroatoms. The molecule has 0 atom stereocenters. The first kappa shape index (κ1) is 25.9. The van der Waals surface area contributed by atoms with E-state index in [2.05, 4.69) is 168 Å². The van der Waals surface area contributed by atoms with Crippen molar-refractivity contribution in [3.8, 4) is 44.5 Å². The summed E-state index contributed by atoms with van der Waals surface area (Å²) in [6.07, 6.45) is 1.93. The third kappa shape index (κ3) is 4.31. The number of nitrogens with zero attached hydrogens (tertiary/aromatic N) is 2. The predicted molar refractivity (Wildman–Crippen MR) is 187 cm³/mol. The minimum atomic E-state index is 1.10. The van der Waals surface area contributed by atoms with Crippen molar-refractivity contribution in [1.29, 1.82) is 0 Å². The van der Waals surface area contributed by atoms with Crippen LogP contribution in [0.2, 0.25) is 0 Å². The Morgan fingerprint density at radius 3 is 1.80 bits per heavy atom. The molecule has 0 amide bonds. The number of hydrogen-bond donors (Lipinski definition) is 0. The zero-order valence-electron chi connectivity index (χ0n) is 24.5. The lowest BCUT2D eigenvalue weighted by Crippen LogP contribution is -2.09. The van der Waals surface area contributed by atoms with Gasteiger partial charge in [-0.15, -0.1) is 0 Å². The molecule has 0 aliphatic heterocycles. The fraction of sp³-hybridized carbons (Fsp3) is 0.0238. The van der Waals surface area contributed by atoms with Crippen LogP contribution in [0.5, 0.6) is 0 Å². The highest BCUT2D eigenvalue weighted by molar-refractivity contribution is 6.18. The van der Waals surface area contributed by atoms with Crippen LogP contribution in [0.25, 0.3) is 55.3 Å². The zero-order chi connectivity index (χ0) is 29.5. The Balaban J connectivity index is 1.22. The van der Waals surface area contributed by atoms with E-state index in [1.807, 2.05) is 13.3 Å². The summed E-state index contributed by atoms with van der Waals surface area (Å²) in [5.41, 5.74) is 14.5. The average Bonchev–Trinajstić information content (AvgIpc) is 3.42. The quantitative estimate of drug-likeness (QED) is 0.184. The van der Waals surface area contributed by atoms with E-state index in [1.165, 1.54) is 44.2 Å². The number of aliphatic imine (C=N–C) groups is 1. The van der Waals surface area contributed by atoms with Gasteiger partial charge >= 0.3 is 0 Å². The predicted octanol–water partition coefficient (Wildman–Crippen LogP) is 11.3. The molecule has 0 N–H and O–H groups in total. The molecule has 0 unspecified atom stereocenters. The Morgan fingerprint density at radius 2 is 1.02 bits per heavy atom. The lowest BCUT2D eigenvalue weighted by molar-refractivity contribution is 1.28. The summed E-state index contributed by atoms with van der Waals surface area (Å²) in [6.45, 7) is 0. The fourth-order valence-corrected chi connectivity index (χ4v) is 6.70. The van der Waals surface area contributed by atoms with Crippen LogP contribution in [-0.4, -0.2) is 13.3 Å². The monoisotopic (exact) mass is 562 g/mol. The number of fused-ring (bicyclic) bond motifs is 3. The summed E-state index contributed by atoms with van der Waals surface area (Å²) < 4.78 is 0. The van der Waals surface area contributed by atoms with Gasteiger partial charge in [0.25, 0.3) is 0 Å². The third-order valence-electron chi connectivity index (χ3n) is 8.64. The van der Waals surface area contributed by atoms with Crippen LogP contribution in [0, 0.1) is 0 Å². The Kier molecular flexibility index (Phi) is 6.39. The number of anilines is 3. The van der Waals surface area contributed by atoms with Crippen LogP contribution >= 0.6 is 0 Å². The lowest BCUT2D eigenvalue weighted by Gasteiger charge is -2.26. The topological polar surface area (TPSA) is 15.6 Å². The Bertz CT molecular complexity index is 2150. The first-order valence-corrected chi connectivity index (χ1v) is 15.0. The molecule has 8 rings (SSSR count). The van der Waals surface area contributed by atoms with Crippen LogP contribution in [0.4, 0.5) is 17.1 Å². The number of hydrogen-bond acceptors (Lipinski definition) is 2. The maximum atomic E-state index is 4.29. The second-order valence-corrected chi connectivity index (χ2v) is 11.2. The highest BCUT2D eigenvalue weighted by Gasteiger charge is 2.22. The second-order valence-electron chi connectivity index (χ2n) is 11.2. The van der Waals surface area contributed by atoms with Gasteiger partial charge in [-0.1, -0.05) is 121 Å². The Hall–Kier alpha value is -5.73. The summed E-state index contributed by atoms with van der Waals surface area (Å²) in [4.78, 5) is 6.61. The first-order chi connectivity index (χ1) is 21.8. The Labute approximate surface area is 258 Å². The lowest BCUT2D eigenvalue weighted by atomic mass is 9.94. The van der Waals surface area contributed by atoms with E-state index in [9.17, 15) is 0 Å². The molecule has 0 saturated heterocycles. The van der Waals surface area contributed by atoms with E-state index >= 15 is 0 Å². The van der Waals surface area contributed by atoms with Gasteiger partial charge in [0.15, 0.2) is 0 Å². The van der Waals surface area contributed by atoms with E-state index in [4.69, 9.17) is 0 Å². The number of benzene rings is 7. The van der Waals surface area contributed by atoms with Gasteiger partial charge < -0.3 is 4.90 Å². The fourth-order valence-electron chi connectivity index (χ4n) is 6.70. The molecule has 7 aromatic carbocycles. The van der Waals surface area contributed by atoms with Gasteiger partial charge in [-0.05, 0) is 91.7 Å². The minimum Gasteiger partial charge on any atom is -0.310 e. The molecule has 0 bridgehead atoms. The highest BCUT2D eigenvalue weighted by atomic mass is 15.1. The molecule has 44 heavy (non-hydrogen) atoms. The molecule has 0 radical (unpaired) electrons. The first-order valence-electron chi connectivity index (χ1n) is 15.0. The summed E-state index contributed by atoms with van der Waals surface area (Å²) in [5, 5.41) is 2.65. The summed E-state index contributed by atoms with van der Waals surface area (Å²) in [7, 11) is 1.82. The molecular formula is C42H30N2. The van der Waals surface area contributed by atoms with Crippen molar-refractivity contribution >= 4 is 34.0 Å². The highest BCUT2D eigenvalue weighted by Crippen LogP contribution is 2.49. The summed E-state index contributed by atoms with van der Waals surface area (Å²) in [5.74, 6) is 0. The van der Waals surface area contributed by atoms with Gasteiger partial charge in [0.1, 0.15) is 0 Å². The molecule has 0 fully saturated rings. The van der Waals surface area contributed by atoms with Gasteiger partial charge in [-0.25, -0.2) is 0 Å². The minimum absolute atomic E-state index is 1.10. The van der Waals surface area contributed by atoms with E-state index in [-0.39, 0.29) is 0 Å². The molecule has 1 aliphatic carbocycles.